The third kappa shape index (κ3) is 5.62. The molecule has 0 saturated carbocycles. The van der Waals surface area contributed by atoms with E-state index in [4.69, 9.17) is 0 Å². The number of anilines is 3. The molecule has 0 aliphatic carbocycles. The Kier molecular flexibility index (Phi) is 7.75. The maximum Gasteiger partial charge on any atom is 0.0541 e. The summed E-state index contributed by atoms with van der Waals surface area (Å²) in [5.74, 6) is 0. The minimum absolute atomic E-state index is 1.12. The molecule has 2 nitrogen and oxygen atoms in total. The fraction of sp³-hybridized carbons (Fsp3) is 0. The van der Waals surface area contributed by atoms with E-state index in [0.717, 1.165) is 17.1 Å². The molecule has 0 atom stereocenters. The molecule has 0 aliphatic heterocycles. The summed E-state index contributed by atoms with van der Waals surface area (Å²) in [6, 6.07) is 80.1. The fourth-order valence-corrected chi connectivity index (χ4v) is 10.2. The molecule has 12 aromatic rings. The predicted octanol–water partition coefficient (Wildman–Crippen LogP) is 16.3. The second kappa shape index (κ2) is 13.6. The molecule has 0 radical (unpaired) electrons. The average molecular weight is 769 g/mol. The van der Waals surface area contributed by atoms with Crippen LogP contribution in [-0.2, 0) is 0 Å². The lowest BCUT2D eigenvalue weighted by molar-refractivity contribution is 1.20. The lowest BCUT2D eigenvalue weighted by Gasteiger charge is -2.26. The molecule has 0 spiro atoms. The summed E-state index contributed by atoms with van der Waals surface area (Å²) in [6.45, 7) is 0. The van der Waals surface area contributed by atoms with E-state index in [0.29, 0.717) is 0 Å². The number of rotatable bonds is 6. The zero-order valence-corrected chi connectivity index (χ0v) is 32.9. The van der Waals surface area contributed by atoms with E-state index in [1.54, 1.807) is 0 Å². The van der Waals surface area contributed by atoms with Crippen LogP contribution in [0.5, 0.6) is 0 Å². The van der Waals surface area contributed by atoms with Crippen molar-refractivity contribution < 1.29 is 0 Å². The van der Waals surface area contributed by atoms with Crippen LogP contribution < -0.4 is 4.90 Å². The van der Waals surface area contributed by atoms with Gasteiger partial charge in [0.25, 0.3) is 0 Å². The van der Waals surface area contributed by atoms with Gasteiger partial charge in [-0.15, -0.1) is 11.3 Å². The van der Waals surface area contributed by atoms with Gasteiger partial charge < -0.3 is 9.47 Å². The van der Waals surface area contributed by atoms with Gasteiger partial charge in [-0.3, -0.25) is 0 Å². The molecule has 0 saturated heterocycles. The van der Waals surface area contributed by atoms with Crippen LogP contribution in [0.1, 0.15) is 0 Å². The highest BCUT2D eigenvalue weighted by atomic mass is 32.1. The average Bonchev–Trinajstić information content (AvgIpc) is 3.84. The summed E-state index contributed by atoms with van der Waals surface area (Å²) >= 11 is 1.86. The van der Waals surface area contributed by atoms with Crippen LogP contribution in [0.25, 0.3) is 91.5 Å². The predicted molar refractivity (Wildman–Crippen MR) is 254 cm³/mol. The molecule has 2 aromatic heterocycles. The van der Waals surface area contributed by atoms with Crippen molar-refractivity contribution in [3.63, 3.8) is 0 Å². The highest BCUT2D eigenvalue weighted by Crippen LogP contribution is 2.43. The van der Waals surface area contributed by atoms with Crippen LogP contribution in [0.4, 0.5) is 17.1 Å². The summed E-state index contributed by atoms with van der Waals surface area (Å²) in [4.78, 5) is 2.41. The quantitative estimate of drug-likeness (QED) is 0.164. The zero-order valence-electron chi connectivity index (χ0n) is 32.1. The lowest BCUT2D eigenvalue weighted by atomic mass is 9.97. The Morgan fingerprint density at radius 2 is 0.898 bits per heavy atom. The summed E-state index contributed by atoms with van der Waals surface area (Å²) < 4.78 is 5.04. The van der Waals surface area contributed by atoms with Crippen molar-refractivity contribution in [3.05, 3.63) is 218 Å². The maximum atomic E-state index is 2.43. The van der Waals surface area contributed by atoms with Crippen molar-refractivity contribution >= 4 is 91.9 Å². The maximum absolute atomic E-state index is 2.43. The first-order valence-electron chi connectivity index (χ1n) is 20.2. The number of hydrogen-bond acceptors (Lipinski definition) is 2. The van der Waals surface area contributed by atoms with E-state index < -0.39 is 0 Å². The lowest BCUT2D eigenvalue weighted by Crippen LogP contribution is -2.10. The van der Waals surface area contributed by atoms with Gasteiger partial charge in [-0.05, 0) is 117 Å². The van der Waals surface area contributed by atoms with Crippen LogP contribution in [-0.4, -0.2) is 4.57 Å². The molecule has 0 N–H and O–H groups in total. The zero-order chi connectivity index (χ0) is 38.9. The standard InChI is InChI=1S/C56H36N2S/c1-2-14-41-33-45(28-26-37(41)12-1)57(46-29-31-56-51(36-46)49-22-6-8-25-55(49)59-56)44-19-10-18-42(34-44)39-16-9-17-40(32-39)43-27-30-54-50(35-43)48-21-5-7-23-53(48)58(54)52-24-11-15-38-13-3-4-20-47(38)52/h1-36H. The minimum Gasteiger partial charge on any atom is -0.310 e. The monoisotopic (exact) mass is 768 g/mol. The van der Waals surface area contributed by atoms with Gasteiger partial charge in [-0.25, -0.2) is 0 Å². The molecular formula is C56H36N2S. The first-order chi connectivity index (χ1) is 29.2. The Balaban J connectivity index is 0.972. The van der Waals surface area contributed by atoms with Gasteiger partial charge in [-0.1, -0.05) is 140 Å². The Morgan fingerprint density at radius 1 is 0.305 bits per heavy atom. The van der Waals surface area contributed by atoms with E-state index in [9.17, 15) is 0 Å². The van der Waals surface area contributed by atoms with Crippen molar-refractivity contribution in [2.24, 2.45) is 0 Å². The molecule has 2 heterocycles. The highest BCUT2D eigenvalue weighted by Gasteiger charge is 2.18. The largest absolute Gasteiger partial charge is 0.310 e. The van der Waals surface area contributed by atoms with Crippen LogP contribution >= 0.6 is 11.3 Å². The first-order valence-corrected chi connectivity index (χ1v) is 21.0. The molecule has 10 aromatic carbocycles. The SMILES string of the molecule is c1cc(-c2cccc(N(c3ccc4ccccc4c3)c3ccc4sc5ccccc5c4c3)c2)cc(-c2ccc3c(c2)c2ccccc2n3-c2cccc3ccccc23)c1. The van der Waals surface area contributed by atoms with Gasteiger partial charge in [0.1, 0.15) is 0 Å². The third-order valence-electron chi connectivity index (χ3n) is 11.9. The highest BCUT2D eigenvalue weighted by molar-refractivity contribution is 7.25. The van der Waals surface area contributed by atoms with Crippen molar-refractivity contribution in [1.29, 1.82) is 0 Å². The number of benzene rings is 10. The molecule has 0 bridgehead atoms. The molecule has 276 valence electrons. The van der Waals surface area contributed by atoms with E-state index in [-0.39, 0.29) is 0 Å². The summed E-state index contributed by atoms with van der Waals surface area (Å²) in [5, 5.41) is 10.0. The van der Waals surface area contributed by atoms with E-state index in [1.165, 1.54) is 91.5 Å². The van der Waals surface area contributed by atoms with E-state index >= 15 is 0 Å². The third-order valence-corrected chi connectivity index (χ3v) is 13.1. The van der Waals surface area contributed by atoms with Crippen molar-refractivity contribution in [3.8, 4) is 27.9 Å². The molecule has 12 rings (SSSR count). The van der Waals surface area contributed by atoms with Crippen molar-refractivity contribution in [2.45, 2.75) is 0 Å². The van der Waals surface area contributed by atoms with Crippen LogP contribution in [0.2, 0.25) is 0 Å². The van der Waals surface area contributed by atoms with Gasteiger partial charge in [0, 0.05) is 53.4 Å². The van der Waals surface area contributed by atoms with Gasteiger partial charge in [-0.2, -0.15) is 0 Å². The Bertz CT molecular complexity index is 3580. The Hall–Kier alpha value is -7.46. The van der Waals surface area contributed by atoms with Crippen molar-refractivity contribution in [2.75, 3.05) is 4.90 Å². The molecule has 59 heavy (non-hydrogen) atoms. The number of nitrogens with zero attached hydrogens (tertiary/aromatic N) is 2. The molecular weight excluding hydrogens is 733 g/mol. The van der Waals surface area contributed by atoms with Crippen molar-refractivity contribution in [1.82, 2.24) is 4.57 Å². The van der Waals surface area contributed by atoms with Gasteiger partial charge in [0.05, 0.1) is 16.7 Å². The number of thiophene rings is 1. The molecule has 0 aliphatic rings. The topological polar surface area (TPSA) is 8.17 Å². The number of hydrogen-bond donors (Lipinski definition) is 0. The second-order valence-electron chi connectivity index (χ2n) is 15.4. The normalized spacial score (nSPS) is 11.7. The Labute approximate surface area is 346 Å². The molecule has 0 unspecified atom stereocenters. The fourth-order valence-electron chi connectivity index (χ4n) is 9.13. The Morgan fingerprint density at radius 3 is 1.78 bits per heavy atom. The first kappa shape index (κ1) is 33.7. The molecule has 0 fully saturated rings. The molecule has 0 amide bonds. The number of para-hydroxylation sites is 1. The summed E-state index contributed by atoms with van der Waals surface area (Å²) in [5.41, 5.74) is 11.7. The van der Waals surface area contributed by atoms with E-state index in [2.05, 4.69) is 228 Å². The van der Waals surface area contributed by atoms with Crippen LogP contribution in [0.15, 0.2) is 218 Å². The van der Waals surface area contributed by atoms with Crippen LogP contribution in [0.3, 0.4) is 0 Å². The summed E-state index contributed by atoms with van der Waals surface area (Å²) in [6.07, 6.45) is 0. The van der Waals surface area contributed by atoms with E-state index in [1.807, 2.05) is 11.3 Å². The summed E-state index contributed by atoms with van der Waals surface area (Å²) in [7, 11) is 0. The van der Waals surface area contributed by atoms with Gasteiger partial charge >= 0.3 is 0 Å². The second-order valence-corrected chi connectivity index (χ2v) is 16.4. The van der Waals surface area contributed by atoms with Gasteiger partial charge in [0.15, 0.2) is 0 Å². The number of fused-ring (bicyclic) bond motifs is 8. The van der Waals surface area contributed by atoms with Gasteiger partial charge in [0.2, 0.25) is 0 Å². The van der Waals surface area contributed by atoms with Crippen LogP contribution in [0, 0.1) is 0 Å². The number of aromatic nitrogens is 1. The molecule has 3 heteroatoms. The smallest absolute Gasteiger partial charge is 0.0541 e. The minimum atomic E-state index is 1.12.